The zero-order valence-corrected chi connectivity index (χ0v) is 32.6. The summed E-state index contributed by atoms with van der Waals surface area (Å²) in [5, 5.41) is 39.4. The fourth-order valence-corrected chi connectivity index (χ4v) is 12.0. The van der Waals surface area contributed by atoms with Crippen molar-refractivity contribution in [2.45, 2.75) is 141 Å². The Kier molecular flexibility index (Phi) is 13.2. The van der Waals surface area contributed by atoms with Crippen molar-refractivity contribution in [1.82, 2.24) is 15.7 Å². The Balaban J connectivity index is 1.29. The lowest BCUT2D eigenvalue weighted by Gasteiger charge is -2.62. The largest absolute Gasteiger partial charge is 0.394 e. The van der Waals surface area contributed by atoms with Crippen LogP contribution < -0.4 is 10.6 Å². The summed E-state index contributed by atoms with van der Waals surface area (Å²) in [6.07, 6.45) is 6.84. The monoisotopic (exact) mass is 755 g/mol. The maximum Gasteiger partial charge on any atom is 0.240 e. The van der Waals surface area contributed by atoms with Crippen molar-refractivity contribution in [3.8, 4) is 0 Å². The van der Waals surface area contributed by atoms with Gasteiger partial charge in [0.2, 0.25) is 11.8 Å². The minimum Gasteiger partial charge on any atom is -0.394 e. The number of hydrogen-bond donors (Lipinski definition) is 5. The molecule has 282 valence electrons. The lowest BCUT2D eigenvalue weighted by Crippen LogP contribution is -2.62. The predicted octanol–water partition coefficient (Wildman–Crippen LogP) is 4.28. The van der Waals surface area contributed by atoms with Crippen molar-refractivity contribution in [1.29, 1.82) is 0 Å². The number of halogens is 1. The Morgan fingerprint density at radius 1 is 1.06 bits per heavy atom. The molecule has 6 rings (SSSR count). The lowest BCUT2D eigenvalue weighted by atomic mass is 9.45. The van der Waals surface area contributed by atoms with E-state index in [4.69, 9.17) is 9.57 Å². The van der Waals surface area contributed by atoms with Gasteiger partial charge in [-0.1, -0.05) is 57.0 Å². The van der Waals surface area contributed by atoms with E-state index >= 15 is 0 Å². The summed E-state index contributed by atoms with van der Waals surface area (Å²) in [5.74, 6) is 1.79. The molecule has 2 bridgehead atoms. The maximum atomic E-state index is 14.2. The van der Waals surface area contributed by atoms with Crippen molar-refractivity contribution < 1.29 is 34.5 Å². The van der Waals surface area contributed by atoms with E-state index in [-0.39, 0.29) is 71.7 Å². The molecule has 0 aromatic carbocycles. The van der Waals surface area contributed by atoms with Crippen LogP contribution in [-0.4, -0.2) is 100 Å². The Hall–Kier alpha value is -0.820. The number of carbonyl (C=O) groups is 2. The molecular weight excluding hydrogens is 690 g/mol. The number of hydroxylamine groups is 2. The van der Waals surface area contributed by atoms with Crippen LogP contribution in [0.3, 0.4) is 0 Å². The summed E-state index contributed by atoms with van der Waals surface area (Å²) in [4.78, 5) is 34.2. The SMILES string of the molecule is COC1C(CN2O[C@@H](CO)[C@@H]([C@H](C)O)[C@H]2C(=O)N[C@H]2C[C@H]3C[C@@H]([C@@H]2C)C3(C)C)CCCC1C1CC(Br)CC(C(=O)N[C@H](CO)CC(C)C)C1. The number of rotatable bonds is 13. The molecular formula is C38H66BrN3O7. The van der Waals surface area contributed by atoms with Crippen LogP contribution in [0, 0.1) is 58.7 Å². The van der Waals surface area contributed by atoms with Gasteiger partial charge >= 0.3 is 0 Å². The predicted molar refractivity (Wildman–Crippen MR) is 192 cm³/mol. The van der Waals surface area contributed by atoms with E-state index in [0.29, 0.717) is 35.6 Å². The quantitative estimate of drug-likeness (QED) is 0.176. The molecule has 11 heteroatoms. The van der Waals surface area contributed by atoms with Gasteiger partial charge in [0.1, 0.15) is 12.1 Å². The molecule has 0 aromatic heterocycles. The molecule has 1 heterocycles. The van der Waals surface area contributed by atoms with E-state index in [1.54, 1.807) is 19.1 Å². The molecule has 10 nitrogen and oxygen atoms in total. The van der Waals surface area contributed by atoms with Crippen molar-refractivity contribution in [2.75, 3.05) is 26.9 Å². The van der Waals surface area contributed by atoms with Gasteiger partial charge < -0.3 is 30.7 Å². The van der Waals surface area contributed by atoms with Gasteiger partial charge in [0.15, 0.2) is 0 Å². The second-order valence-electron chi connectivity index (χ2n) is 17.6. The summed E-state index contributed by atoms with van der Waals surface area (Å²) < 4.78 is 6.30. The number of ether oxygens (including phenoxy) is 1. The van der Waals surface area contributed by atoms with Crippen LogP contribution >= 0.6 is 15.9 Å². The molecule has 6 fully saturated rings. The van der Waals surface area contributed by atoms with Crippen LogP contribution in [0.4, 0.5) is 0 Å². The molecule has 1 aliphatic heterocycles. The molecule has 5 N–H and O–H groups in total. The fraction of sp³-hybridized carbons (Fsp3) is 0.947. The van der Waals surface area contributed by atoms with Gasteiger partial charge in [0, 0.05) is 42.3 Å². The minimum absolute atomic E-state index is 0.0295. The first-order chi connectivity index (χ1) is 23.2. The van der Waals surface area contributed by atoms with Gasteiger partial charge in [0.05, 0.1) is 31.5 Å². The zero-order chi connectivity index (χ0) is 35.8. The van der Waals surface area contributed by atoms with Crippen LogP contribution in [0.1, 0.15) is 99.3 Å². The van der Waals surface area contributed by atoms with Crippen LogP contribution in [0.2, 0.25) is 0 Å². The number of aliphatic hydroxyl groups excluding tert-OH is 3. The highest BCUT2D eigenvalue weighted by molar-refractivity contribution is 9.09. The molecule has 6 aliphatic rings. The van der Waals surface area contributed by atoms with Gasteiger partial charge in [-0.15, -0.1) is 0 Å². The molecule has 0 aromatic rings. The van der Waals surface area contributed by atoms with E-state index in [1.165, 1.54) is 6.42 Å². The average Bonchev–Trinajstić information content (AvgIpc) is 3.43. The number of nitrogens with one attached hydrogen (secondary N) is 2. The van der Waals surface area contributed by atoms with Crippen LogP contribution in [-0.2, 0) is 19.2 Å². The number of aliphatic hydroxyl groups is 3. The van der Waals surface area contributed by atoms with Gasteiger partial charge in [0.25, 0.3) is 0 Å². The second-order valence-corrected chi connectivity index (χ2v) is 18.9. The molecule has 49 heavy (non-hydrogen) atoms. The van der Waals surface area contributed by atoms with E-state index in [0.717, 1.165) is 51.4 Å². The summed E-state index contributed by atoms with van der Waals surface area (Å²) in [6, 6.07) is -0.856. The van der Waals surface area contributed by atoms with Crippen molar-refractivity contribution in [3.05, 3.63) is 0 Å². The molecule has 0 radical (unpaired) electrons. The van der Waals surface area contributed by atoms with Gasteiger partial charge in [-0.2, -0.15) is 5.06 Å². The molecule has 0 spiro atoms. The summed E-state index contributed by atoms with van der Waals surface area (Å²) >= 11 is 3.88. The Bertz CT molecular complexity index is 1120. The van der Waals surface area contributed by atoms with Gasteiger partial charge in [-0.3, -0.25) is 14.4 Å². The third-order valence-corrected chi connectivity index (χ3v) is 14.5. The highest BCUT2D eigenvalue weighted by Gasteiger charge is 2.58. The first-order valence-corrected chi connectivity index (χ1v) is 20.2. The number of nitrogens with zero attached hydrogens (tertiary/aromatic N) is 1. The van der Waals surface area contributed by atoms with Crippen molar-refractivity contribution in [2.24, 2.45) is 58.7 Å². The zero-order valence-electron chi connectivity index (χ0n) is 31.0. The minimum atomic E-state index is -0.835. The molecule has 5 aliphatic carbocycles. The second kappa shape index (κ2) is 16.5. The van der Waals surface area contributed by atoms with E-state index < -0.39 is 24.2 Å². The highest BCUT2D eigenvalue weighted by Crippen LogP contribution is 2.61. The third-order valence-electron chi connectivity index (χ3n) is 13.7. The number of hydrogen-bond acceptors (Lipinski definition) is 8. The van der Waals surface area contributed by atoms with Crippen molar-refractivity contribution in [3.63, 3.8) is 0 Å². The van der Waals surface area contributed by atoms with Gasteiger partial charge in [-0.25, -0.2) is 0 Å². The highest BCUT2D eigenvalue weighted by atomic mass is 79.9. The van der Waals surface area contributed by atoms with E-state index in [2.05, 4.69) is 61.2 Å². The summed E-state index contributed by atoms with van der Waals surface area (Å²) in [6.45, 7) is 13.0. The fourth-order valence-electron chi connectivity index (χ4n) is 11.0. The molecule has 1 saturated heterocycles. The topological polar surface area (TPSA) is 141 Å². The van der Waals surface area contributed by atoms with Crippen molar-refractivity contribution >= 4 is 27.7 Å². The Morgan fingerprint density at radius 3 is 2.39 bits per heavy atom. The summed E-state index contributed by atoms with van der Waals surface area (Å²) in [7, 11) is 1.77. The van der Waals surface area contributed by atoms with Crippen LogP contribution in [0.5, 0.6) is 0 Å². The number of alkyl halides is 1. The number of fused-ring (bicyclic) bond motifs is 2. The summed E-state index contributed by atoms with van der Waals surface area (Å²) in [5.41, 5.74) is 0.312. The molecule has 2 amide bonds. The number of amides is 2. The van der Waals surface area contributed by atoms with E-state index in [1.807, 2.05) is 0 Å². The maximum absolute atomic E-state index is 14.2. The van der Waals surface area contributed by atoms with Gasteiger partial charge in [-0.05, 0) is 99.2 Å². The molecule has 15 atom stereocenters. The lowest BCUT2D eigenvalue weighted by molar-refractivity contribution is -0.193. The first-order valence-electron chi connectivity index (χ1n) is 19.3. The standard InChI is InChI=1S/C38H66BrN3O7/c1-20(2)11-28(18-43)40-36(46)25-12-24(13-27(39)14-25)29-10-8-9-23(35(29)48-7)17-42-34(33(22(4)45)32(19-44)49-42)37(47)41-31-16-26-15-30(21(31)3)38(26,5)6/h20-35,43-45H,8-19H2,1-7H3,(H,40,46)(H,41,47)/t21-,22-,23?,24?,25?,26+,27?,28-,29?,30-,31-,32-,33+,34-,35?/m0/s1. The normalized spacial score (nSPS) is 41.9. The Labute approximate surface area is 303 Å². The molecule has 5 saturated carbocycles. The number of methoxy groups -OCH3 is 1. The number of carbonyl (C=O) groups excluding carboxylic acids is 2. The first kappa shape index (κ1) is 39.4. The average molecular weight is 757 g/mol. The Morgan fingerprint density at radius 2 is 1.80 bits per heavy atom. The van der Waals surface area contributed by atoms with E-state index in [9.17, 15) is 24.9 Å². The smallest absolute Gasteiger partial charge is 0.240 e. The third kappa shape index (κ3) is 8.38. The van der Waals surface area contributed by atoms with Crippen LogP contribution in [0.15, 0.2) is 0 Å². The molecule has 6 unspecified atom stereocenters. The van der Waals surface area contributed by atoms with Crippen LogP contribution in [0.25, 0.3) is 0 Å².